The van der Waals surface area contributed by atoms with Gasteiger partial charge in [0.05, 0.1) is 6.10 Å². The van der Waals surface area contributed by atoms with E-state index >= 15 is 0 Å². The Kier molecular flexibility index (Phi) is 2.97. The number of carbonyl (C=O) groups is 1. The van der Waals surface area contributed by atoms with Gasteiger partial charge in [0.2, 0.25) is 0 Å². The lowest BCUT2D eigenvalue weighted by Crippen LogP contribution is -2.29. The number of nitrogens with zero attached hydrogens (tertiary/aromatic N) is 1. The third-order valence-electron chi connectivity index (χ3n) is 2.59. The smallest absolute Gasteiger partial charge is 0.332 e. The second kappa shape index (κ2) is 4.40. The maximum atomic E-state index is 10.8. The lowest BCUT2D eigenvalue weighted by atomic mass is 9.99. The van der Waals surface area contributed by atoms with E-state index in [-0.39, 0.29) is 6.10 Å². The molecule has 1 N–H and O–H groups in total. The summed E-state index contributed by atoms with van der Waals surface area (Å²) in [6.07, 6.45) is 5.01. The largest absolute Gasteiger partial charge is 0.479 e. The molecule has 2 unspecified atom stereocenters. The van der Waals surface area contributed by atoms with E-state index in [2.05, 4.69) is 4.98 Å². The van der Waals surface area contributed by atoms with Gasteiger partial charge in [-0.15, -0.1) is 0 Å². The minimum absolute atomic E-state index is 0.117. The van der Waals surface area contributed by atoms with Crippen molar-refractivity contribution in [3.05, 3.63) is 30.1 Å². The first-order valence-electron chi connectivity index (χ1n) is 5.05. The third-order valence-corrected chi connectivity index (χ3v) is 2.59. The van der Waals surface area contributed by atoms with Crippen LogP contribution in [0.25, 0.3) is 0 Å². The Morgan fingerprint density at radius 1 is 1.53 bits per heavy atom. The molecule has 0 aromatic carbocycles. The molecule has 1 saturated heterocycles. The number of carboxylic acid groups (broad SMARTS) is 1. The van der Waals surface area contributed by atoms with Crippen LogP contribution in [0.5, 0.6) is 0 Å². The summed E-state index contributed by atoms with van der Waals surface area (Å²) >= 11 is 0. The van der Waals surface area contributed by atoms with Gasteiger partial charge in [-0.2, -0.15) is 0 Å². The molecule has 4 heteroatoms. The van der Waals surface area contributed by atoms with Crippen LogP contribution in [0.4, 0.5) is 0 Å². The number of ether oxygens (including phenoxy) is 1. The summed E-state index contributed by atoms with van der Waals surface area (Å²) in [5.74, 6) is -0.872. The van der Waals surface area contributed by atoms with Crippen LogP contribution in [-0.2, 0) is 9.53 Å². The number of aliphatic carboxylic acids is 1. The van der Waals surface area contributed by atoms with Gasteiger partial charge in [-0.05, 0) is 30.9 Å². The molecule has 0 bridgehead atoms. The van der Waals surface area contributed by atoms with Gasteiger partial charge in [-0.3, -0.25) is 4.98 Å². The molecule has 4 nitrogen and oxygen atoms in total. The van der Waals surface area contributed by atoms with E-state index in [1.165, 1.54) is 0 Å². The van der Waals surface area contributed by atoms with E-state index < -0.39 is 12.1 Å². The van der Waals surface area contributed by atoms with E-state index in [1.807, 2.05) is 12.1 Å². The Bertz CT molecular complexity index is 339. The number of pyridine rings is 1. The van der Waals surface area contributed by atoms with Gasteiger partial charge >= 0.3 is 5.97 Å². The zero-order valence-electron chi connectivity index (χ0n) is 8.30. The first kappa shape index (κ1) is 10.1. The molecule has 0 radical (unpaired) electrons. The van der Waals surface area contributed by atoms with Gasteiger partial charge < -0.3 is 9.84 Å². The summed E-state index contributed by atoms with van der Waals surface area (Å²) in [6, 6.07) is 3.75. The van der Waals surface area contributed by atoms with Crippen molar-refractivity contribution < 1.29 is 14.6 Å². The molecular weight excluding hydrogens is 194 g/mol. The van der Waals surface area contributed by atoms with Crippen LogP contribution in [0.15, 0.2) is 24.5 Å². The average molecular weight is 207 g/mol. The number of aromatic nitrogens is 1. The van der Waals surface area contributed by atoms with E-state index in [0.717, 1.165) is 18.4 Å². The molecule has 0 saturated carbocycles. The molecule has 2 atom stereocenters. The molecule has 0 spiro atoms. The van der Waals surface area contributed by atoms with Crippen LogP contribution in [0.2, 0.25) is 0 Å². The molecule has 1 aliphatic rings. The molecule has 15 heavy (non-hydrogen) atoms. The highest BCUT2D eigenvalue weighted by Gasteiger charge is 2.28. The highest BCUT2D eigenvalue weighted by Crippen LogP contribution is 2.30. The fraction of sp³-hybridized carbons (Fsp3) is 0.455. The summed E-state index contributed by atoms with van der Waals surface area (Å²) < 4.78 is 5.49. The van der Waals surface area contributed by atoms with Crippen LogP contribution < -0.4 is 0 Å². The molecule has 0 aliphatic carbocycles. The normalized spacial score (nSPS) is 26.1. The average Bonchev–Trinajstić information content (AvgIpc) is 2.30. The topological polar surface area (TPSA) is 59.4 Å². The molecule has 1 fully saturated rings. The Labute approximate surface area is 87.9 Å². The Morgan fingerprint density at radius 3 is 3.07 bits per heavy atom. The first-order chi connectivity index (χ1) is 7.27. The van der Waals surface area contributed by atoms with Crippen LogP contribution in [-0.4, -0.2) is 22.2 Å². The van der Waals surface area contributed by atoms with E-state index in [4.69, 9.17) is 9.84 Å². The molecule has 2 heterocycles. The number of hydrogen-bond donors (Lipinski definition) is 1. The van der Waals surface area contributed by atoms with Crippen molar-refractivity contribution in [3.8, 4) is 0 Å². The molecule has 1 aliphatic heterocycles. The van der Waals surface area contributed by atoms with Crippen molar-refractivity contribution in [1.29, 1.82) is 0 Å². The lowest BCUT2D eigenvalue weighted by Gasteiger charge is -2.27. The third kappa shape index (κ3) is 2.33. The second-order valence-electron chi connectivity index (χ2n) is 3.67. The highest BCUT2D eigenvalue weighted by atomic mass is 16.5. The number of carboxylic acids is 1. The predicted octanol–water partition coefficient (Wildman–Crippen LogP) is 1.78. The minimum Gasteiger partial charge on any atom is -0.479 e. The Hall–Kier alpha value is -1.42. The quantitative estimate of drug-likeness (QED) is 0.803. The summed E-state index contributed by atoms with van der Waals surface area (Å²) in [5.41, 5.74) is 0.962. The van der Waals surface area contributed by atoms with Crippen LogP contribution in [0, 0.1) is 0 Å². The lowest BCUT2D eigenvalue weighted by molar-refractivity contribution is -0.159. The summed E-state index contributed by atoms with van der Waals surface area (Å²) in [7, 11) is 0. The van der Waals surface area contributed by atoms with E-state index in [0.29, 0.717) is 6.42 Å². The highest BCUT2D eigenvalue weighted by molar-refractivity contribution is 5.72. The molecule has 0 amide bonds. The monoisotopic (exact) mass is 207 g/mol. The standard InChI is InChI=1S/C11H13NO3/c13-11(14)10-5-1-4-9(15-10)8-3-2-6-12-7-8/h2-3,6-7,9-10H,1,4-5H2,(H,13,14). The van der Waals surface area contributed by atoms with Crippen LogP contribution in [0.3, 0.4) is 0 Å². The first-order valence-corrected chi connectivity index (χ1v) is 5.05. The van der Waals surface area contributed by atoms with Gasteiger partial charge in [0.1, 0.15) is 0 Å². The Balaban J connectivity index is 2.08. The second-order valence-corrected chi connectivity index (χ2v) is 3.67. The minimum atomic E-state index is -0.872. The van der Waals surface area contributed by atoms with E-state index in [1.54, 1.807) is 12.4 Å². The van der Waals surface area contributed by atoms with E-state index in [9.17, 15) is 4.79 Å². The van der Waals surface area contributed by atoms with Crippen molar-refractivity contribution in [2.45, 2.75) is 31.5 Å². The molecule has 2 rings (SSSR count). The molecular formula is C11H13NO3. The number of hydrogen-bond acceptors (Lipinski definition) is 3. The zero-order chi connectivity index (χ0) is 10.7. The maximum absolute atomic E-state index is 10.8. The van der Waals surface area contributed by atoms with Crippen molar-refractivity contribution in [2.75, 3.05) is 0 Å². The zero-order valence-corrected chi connectivity index (χ0v) is 8.30. The van der Waals surface area contributed by atoms with Gasteiger partial charge in [0.15, 0.2) is 6.10 Å². The van der Waals surface area contributed by atoms with Gasteiger partial charge in [-0.25, -0.2) is 4.79 Å². The number of rotatable bonds is 2. The van der Waals surface area contributed by atoms with Crippen molar-refractivity contribution in [3.63, 3.8) is 0 Å². The van der Waals surface area contributed by atoms with Crippen molar-refractivity contribution >= 4 is 5.97 Å². The summed E-state index contributed by atoms with van der Waals surface area (Å²) in [6.45, 7) is 0. The summed E-state index contributed by atoms with van der Waals surface area (Å²) in [4.78, 5) is 14.8. The van der Waals surface area contributed by atoms with Gasteiger partial charge in [0, 0.05) is 12.4 Å². The SMILES string of the molecule is O=C(O)C1CCCC(c2cccnc2)O1. The molecule has 80 valence electrons. The molecule has 1 aromatic heterocycles. The molecule has 1 aromatic rings. The van der Waals surface area contributed by atoms with Crippen LogP contribution in [0.1, 0.15) is 30.9 Å². The Morgan fingerprint density at radius 2 is 2.40 bits per heavy atom. The predicted molar refractivity (Wildman–Crippen MR) is 53.3 cm³/mol. The van der Waals surface area contributed by atoms with Gasteiger partial charge in [-0.1, -0.05) is 6.07 Å². The fourth-order valence-corrected chi connectivity index (χ4v) is 1.82. The maximum Gasteiger partial charge on any atom is 0.332 e. The summed E-state index contributed by atoms with van der Waals surface area (Å²) in [5, 5.41) is 8.86. The van der Waals surface area contributed by atoms with Gasteiger partial charge in [0.25, 0.3) is 0 Å². The van der Waals surface area contributed by atoms with Crippen molar-refractivity contribution in [1.82, 2.24) is 4.98 Å². The fourth-order valence-electron chi connectivity index (χ4n) is 1.82. The van der Waals surface area contributed by atoms with Crippen molar-refractivity contribution in [2.24, 2.45) is 0 Å². The van der Waals surface area contributed by atoms with Crippen LogP contribution >= 0.6 is 0 Å².